The first-order valence-electron chi connectivity index (χ1n) is 10.5. The number of nitrogens with zero attached hydrogens (tertiary/aromatic N) is 2. The van der Waals surface area contributed by atoms with E-state index in [-0.39, 0.29) is 11.9 Å². The zero-order valence-corrected chi connectivity index (χ0v) is 18.3. The van der Waals surface area contributed by atoms with E-state index in [1.807, 2.05) is 48.5 Å². The molecule has 0 unspecified atom stereocenters. The van der Waals surface area contributed by atoms with Gasteiger partial charge in [0.2, 0.25) is 5.89 Å². The number of nitrogens with one attached hydrogen (secondary N) is 2. The van der Waals surface area contributed by atoms with Crippen LogP contribution >= 0.6 is 0 Å². The molecule has 4 aromatic rings. The SMILES string of the molecule is O=C(COC(=O)CNC(=O)c1ccc(Oc2ccccc2)cc1)Nc1nnc(-c2ccccc2)o1. The van der Waals surface area contributed by atoms with E-state index in [9.17, 15) is 14.4 Å². The molecule has 1 heterocycles. The Morgan fingerprint density at radius 3 is 2.17 bits per heavy atom. The number of benzene rings is 3. The minimum Gasteiger partial charge on any atom is -0.457 e. The molecular weight excluding hydrogens is 452 g/mol. The molecule has 2 N–H and O–H groups in total. The van der Waals surface area contributed by atoms with E-state index in [1.165, 1.54) is 0 Å². The molecule has 0 bridgehead atoms. The number of esters is 1. The summed E-state index contributed by atoms with van der Waals surface area (Å²) < 4.78 is 15.9. The quantitative estimate of drug-likeness (QED) is 0.354. The van der Waals surface area contributed by atoms with Crippen molar-refractivity contribution in [3.8, 4) is 23.0 Å². The maximum atomic E-state index is 12.3. The van der Waals surface area contributed by atoms with Crippen LogP contribution in [0.2, 0.25) is 0 Å². The van der Waals surface area contributed by atoms with Crippen LogP contribution in [-0.2, 0) is 14.3 Å². The highest BCUT2D eigenvalue weighted by Gasteiger charge is 2.14. The molecule has 0 fully saturated rings. The Morgan fingerprint density at radius 2 is 1.46 bits per heavy atom. The van der Waals surface area contributed by atoms with Gasteiger partial charge in [0.1, 0.15) is 18.0 Å². The van der Waals surface area contributed by atoms with Crippen molar-refractivity contribution >= 4 is 23.8 Å². The molecule has 10 heteroatoms. The molecule has 0 aliphatic heterocycles. The fourth-order valence-electron chi connectivity index (χ4n) is 2.88. The molecule has 0 saturated carbocycles. The summed E-state index contributed by atoms with van der Waals surface area (Å²) in [6.45, 7) is -0.990. The third-order valence-electron chi connectivity index (χ3n) is 4.55. The van der Waals surface area contributed by atoms with E-state index >= 15 is 0 Å². The van der Waals surface area contributed by atoms with Crippen molar-refractivity contribution in [1.82, 2.24) is 15.5 Å². The third-order valence-corrected chi connectivity index (χ3v) is 4.55. The maximum absolute atomic E-state index is 12.3. The summed E-state index contributed by atoms with van der Waals surface area (Å²) in [5.74, 6) is -0.449. The maximum Gasteiger partial charge on any atom is 0.325 e. The Bertz CT molecular complexity index is 1290. The summed E-state index contributed by atoms with van der Waals surface area (Å²) in [5.41, 5.74) is 1.03. The van der Waals surface area contributed by atoms with Crippen LogP contribution in [-0.4, -0.2) is 41.1 Å². The van der Waals surface area contributed by atoms with E-state index in [0.29, 0.717) is 22.6 Å². The molecule has 1 aromatic heterocycles. The van der Waals surface area contributed by atoms with E-state index in [0.717, 1.165) is 0 Å². The smallest absolute Gasteiger partial charge is 0.325 e. The van der Waals surface area contributed by atoms with Gasteiger partial charge in [-0.2, -0.15) is 0 Å². The lowest BCUT2D eigenvalue weighted by atomic mass is 10.2. The Kier molecular flexibility index (Phi) is 7.44. The molecular formula is C25H20N4O6. The number of hydrogen-bond donors (Lipinski definition) is 2. The molecule has 176 valence electrons. The summed E-state index contributed by atoms with van der Waals surface area (Å²) in [6, 6.07) is 24.5. The fourth-order valence-corrected chi connectivity index (χ4v) is 2.88. The molecule has 0 saturated heterocycles. The Morgan fingerprint density at radius 1 is 0.800 bits per heavy atom. The Hall–Kier alpha value is -4.99. The number of rotatable bonds is 9. The van der Waals surface area contributed by atoms with E-state index < -0.39 is 30.9 Å². The van der Waals surface area contributed by atoms with Gasteiger partial charge in [-0.05, 0) is 48.5 Å². The van der Waals surface area contributed by atoms with Crippen LogP contribution in [0.5, 0.6) is 11.5 Å². The van der Waals surface area contributed by atoms with Crippen molar-refractivity contribution in [1.29, 1.82) is 0 Å². The molecule has 2 amide bonds. The van der Waals surface area contributed by atoms with Gasteiger partial charge < -0.3 is 19.2 Å². The van der Waals surface area contributed by atoms with E-state index in [4.69, 9.17) is 13.9 Å². The first-order valence-corrected chi connectivity index (χ1v) is 10.5. The molecule has 0 radical (unpaired) electrons. The predicted molar refractivity (Wildman–Crippen MR) is 125 cm³/mol. The third kappa shape index (κ3) is 6.75. The second-order valence-electron chi connectivity index (χ2n) is 7.11. The summed E-state index contributed by atoms with van der Waals surface area (Å²) in [6.07, 6.45) is 0. The number of carbonyl (C=O) groups is 3. The lowest BCUT2D eigenvalue weighted by Gasteiger charge is -2.08. The van der Waals surface area contributed by atoms with Crippen LogP contribution in [0.15, 0.2) is 89.3 Å². The van der Waals surface area contributed by atoms with Gasteiger partial charge in [0, 0.05) is 11.1 Å². The highest BCUT2D eigenvalue weighted by atomic mass is 16.5. The van der Waals surface area contributed by atoms with Gasteiger partial charge >= 0.3 is 12.0 Å². The minimum atomic E-state index is -0.784. The molecule has 35 heavy (non-hydrogen) atoms. The largest absolute Gasteiger partial charge is 0.457 e. The average molecular weight is 472 g/mol. The summed E-state index contributed by atoms with van der Waals surface area (Å²) in [7, 11) is 0. The van der Waals surface area contributed by atoms with Crippen LogP contribution < -0.4 is 15.4 Å². The van der Waals surface area contributed by atoms with Crippen LogP contribution in [0.1, 0.15) is 10.4 Å². The van der Waals surface area contributed by atoms with Crippen LogP contribution in [0, 0.1) is 0 Å². The summed E-state index contributed by atoms with van der Waals surface area (Å²) >= 11 is 0. The highest BCUT2D eigenvalue weighted by Crippen LogP contribution is 2.21. The van der Waals surface area contributed by atoms with Gasteiger partial charge in [0.05, 0.1) is 0 Å². The predicted octanol–water partition coefficient (Wildman–Crippen LogP) is 3.44. The summed E-state index contributed by atoms with van der Waals surface area (Å²) in [4.78, 5) is 36.1. The van der Waals surface area contributed by atoms with Crippen molar-refractivity contribution in [2.45, 2.75) is 0 Å². The van der Waals surface area contributed by atoms with Crippen LogP contribution in [0.4, 0.5) is 6.01 Å². The zero-order chi connectivity index (χ0) is 24.5. The second-order valence-corrected chi connectivity index (χ2v) is 7.11. The van der Waals surface area contributed by atoms with Gasteiger partial charge in [-0.1, -0.05) is 41.5 Å². The number of aromatic nitrogens is 2. The minimum absolute atomic E-state index is 0.127. The van der Waals surface area contributed by atoms with Crippen LogP contribution in [0.25, 0.3) is 11.5 Å². The van der Waals surface area contributed by atoms with Crippen molar-refractivity contribution < 1.29 is 28.3 Å². The highest BCUT2D eigenvalue weighted by molar-refractivity contribution is 5.96. The molecule has 0 aliphatic carbocycles. The molecule has 0 aliphatic rings. The number of amides is 2. The van der Waals surface area contributed by atoms with Crippen molar-refractivity contribution in [3.05, 3.63) is 90.5 Å². The molecule has 0 spiro atoms. The lowest BCUT2D eigenvalue weighted by Crippen LogP contribution is -2.32. The molecule has 10 nitrogen and oxygen atoms in total. The number of hydrogen-bond acceptors (Lipinski definition) is 8. The Labute approximate surface area is 199 Å². The zero-order valence-electron chi connectivity index (χ0n) is 18.3. The molecule has 3 aromatic carbocycles. The van der Waals surface area contributed by atoms with E-state index in [1.54, 1.807) is 36.4 Å². The number of anilines is 1. The van der Waals surface area contributed by atoms with Gasteiger partial charge in [-0.25, -0.2) is 0 Å². The summed E-state index contributed by atoms with van der Waals surface area (Å²) in [5, 5.41) is 12.4. The first kappa shape index (κ1) is 23.2. The first-order chi connectivity index (χ1) is 17.1. The Balaban J connectivity index is 1.18. The van der Waals surface area contributed by atoms with Crippen molar-refractivity contribution in [2.24, 2.45) is 0 Å². The lowest BCUT2D eigenvalue weighted by molar-refractivity contribution is -0.146. The van der Waals surface area contributed by atoms with Gasteiger partial charge in [-0.15, -0.1) is 5.10 Å². The standard InChI is InChI=1S/C25H20N4O6/c30-21(27-25-29-28-24(35-25)18-7-3-1-4-8-18)16-33-22(31)15-26-23(32)17-11-13-20(14-12-17)34-19-9-5-2-6-10-19/h1-14H,15-16H2,(H,26,32)(H,27,29,30). The van der Waals surface area contributed by atoms with Gasteiger partial charge in [-0.3, -0.25) is 19.7 Å². The number of ether oxygens (including phenoxy) is 2. The number of para-hydroxylation sites is 1. The van der Waals surface area contributed by atoms with E-state index in [2.05, 4.69) is 20.8 Å². The second kappa shape index (κ2) is 11.2. The molecule has 4 rings (SSSR count). The average Bonchev–Trinajstić information content (AvgIpc) is 3.36. The van der Waals surface area contributed by atoms with Gasteiger partial charge in [0.15, 0.2) is 6.61 Å². The van der Waals surface area contributed by atoms with Crippen molar-refractivity contribution in [2.75, 3.05) is 18.5 Å². The fraction of sp³-hybridized carbons (Fsp3) is 0.0800. The topological polar surface area (TPSA) is 133 Å². The van der Waals surface area contributed by atoms with Crippen molar-refractivity contribution in [3.63, 3.8) is 0 Å². The number of carbonyl (C=O) groups excluding carboxylic acids is 3. The van der Waals surface area contributed by atoms with Crippen LogP contribution in [0.3, 0.4) is 0 Å². The normalized spacial score (nSPS) is 10.3. The molecule has 0 atom stereocenters. The van der Waals surface area contributed by atoms with Gasteiger partial charge in [0.25, 0.3) is 11.8 Å². The monoisotopic (exact) mass is 472 g/mol.